The summed E-state index contributed by atoms with van der Waals surface area (Å²) in [4.78, 5) is 17.4. The van der Waals surface area contributed by atoms with E-state index in [0.29, 0.717) is 18.4 Å². The summed E-state index contributed by atoms with van der Waals surface area (Å²) >= 11 is 0. The summed E-state index contributed by atoms with van der Waals surface area (Å²) in [6, 6.07) is 2.20. The van der Waals surface area contributed by atoms with Crippen LogP contribution in [-0.4, -0.2) is 66.8 Å². The van der Waals surface area contributed by atoms with Crippen molar-refractivity contribution in [1.82, 2.24) is 9.80 Å². The molecule has 1 heterocycles. The van der Waals surface area contributed by atoms with Crippen LogP contribution in [0, 0.1) is 25.7 Å². The van der Waals surface area contributed by atoms with Crippen molar-refractivity contribution in [3.63, 3.8) is 0 Å². The highest BCUT2D eigenvalue weighted by molar-refractivity contribution is 5.79. The smallest absolute Gasteiger partial charge is 0.225 e. The first-order valence-corrected chi connectivity index (χ1v) is 11.3. The van der Waals surface area contributed by atoms with Crippen LogP contribution in [0.2, 0.25) is 0 Å². The molecule has 5 heteroatoms. The first-order chi connectivity index (χ1) is 14.0. The molecular formula is C24H38N2O3. The molecule has 1 N–H and O–H groups in total. The fraction of sp³-hybridized carbons (Fsp3) is 0.708. The Kier molecular flexibility index (Phi) is 7.58. The fourth-order valence-corrected chi connectivity index (χ4v) is 4.94. The Morgan fingerprint density at radius 1 is 1.24 bits per heavy atom. The normalized spacial score (nSPS) is 21.0. The molecule has 5 nitrogen and oxygen atoms in total. The fourth-order valence-electron chi connectivity index (χ4n) is 4.94. The Balaban J connectivity index is 1.68. The summed E-state index contributed by atoms with van der Waals surface area (Å²) in [7, 11) is 0. The molecule has 1 fully saturated rings. The van der Waals surface area contributed by atoms with E-state index in [1.807, 2.05) is 4.90 Å². The highest BCUT2D eigenvalue weighted by Crippen LogP contribution is 2.38. The van der Waals surface area contributed by atoms with E-state index in [1.54, 1.807) is 0 Å². The monoisotopic (exact) mass is 402 g/mol. The topological polar surface area (TPSA) is 53.0 Å². The second kappa shape index (κ2) is 9.94. The van der Waals surface area contributed by atoms with Crippen LogP contribution in [0.25, 0.3) is 0 Å². The van der Waals surface area contributed by atoms with Crippen molar-refractivity contribution >= 4 is 5.91 Å². The highest BCUT2D eigenvalue weighted by atomic mass is 16.5. The Morgan fingerprint density at radius 2 is 1.97 bits per heavy atom. The van der Waals surface area contributed by atoms with Gasteiger partial charge in [-0.05, 0) is 73.8 Å². The Morgan fingerprint density at radius 3 is 2.62 bits per heavy atom. The van der Waals surface area contributed by atoms with Gasteiger partial charge in [-0.25, -0.2) is 0 Å². The molecule has 0 radical (unpaired) electrons. The van der Waals surface area contributed by atoms with E-state index in [1.165, 1.54) is 22.3 Å². The van der Waals surface area contributed by atoms with Crippen molar-refractivity contribution in [3.8, 4) is 5.75 Å². The summed E-state index contributed by atoms with van der Waals surface area (Å²) in [5, 5.41) is 9.11. The molecule has 1 aliphatic carbocycles. The molecule has 0 saturated carbocycles. The number of hydrogen-bond donors (Lipinski definition) is 1. The van der Waals surface area contributed by atoms with Crippen LogP contribution in [0.15, 0.2) is 6.07 Å². The van der Waals surface area contributed by atoms with E-state index < -0.39 is 0 Å². The lowest BCUT2D eigenvalue weighted by Gasteiger charge is -2.38. The van der Waals surface area contributed by atoms with Gasteiger partial charge in [0.05, 0.1) is 13.2 Å². The number of aliphatic hydroxyl groups excluding tert-OH is 1. The molecule has 2 atom stereocenters. The predicted octanol–water partition coefficient (Wildman–Crippen LogP) is 2.97. The van der Waals surface area contributed by atoms with E-state index in [2.05, 4.69) is 38.7 Å². The minimum absolute atomic E-state index is 0.0486. The number of benzene rings is 1. The molecule has 162 valence electrons. The zero-order valence-corrected chi connectivity index (χ0v) is 18.7. The van der Waals surface area contributed by atoms with Crippen LogP contribution in [0.3, 0.4) is 0 Å². The number of carbonyl (C=O) groups is 1. The number of hydrogen-bond acceptors (Lipinski definition) is 4. The molecule has 1 aromatic rings. The zero-order valence-electron chi connectivity index (χ0n) is 18.7. The largest absolute Gasteiger partial charge is 0.493 e. The third kappa shape index (κ3) is 4.95. The molecule has 1 aromatic carbocycles. The van der Waals surface area contributed by atoms with Gasteiger partial charge in [-0.1, -0.05) is 13.8 Å². The molecule has 29 heavy (non-hydrogen) atoms. The molecule has 0 bridgehead atoms. The number of rotatable bonds is 7. The van der Waals surface area contributed by atoms with Gasteiger partial charge in [0.1, 0.15) is 5.75 Å². The minimum atomic E-state index is 0.0486. The van der Waals surface area contributed by atoms with Gasteiger partial charge >= 0.3 is 0 Å². The van der Waals surface area contributed by atoms with Gasteiger partial charge in [0, 0.05) is 38.6 Å². The minimum Gasteiger partial charge on any atom is -0.493 e. The number of β-amino-alcohol motifs (C(OH)–C–C–N with tert-alkyl or cyclic N) is 1. The lowest BCUT2D eigenvalue weighted by Crippen LogP contribution is -2.51. The van der Waals surface area contributed by atoms with Crippen LogP contribution in [0.1, 0.15) is 48.9 Å². The van der Waals surface area contributed by atoms with Gasteiger partial charge in [-0.3, -0.25) is 9.69 Å². The van der Waals surface area contributed by atoms with Gasteiger partial charge in [0.15, 0.2) is 0 Å². The molecule has 0 aromatic heterocycles. The lowest BCUT2D eigenvalue weighted by atomic mass is 9.74. The maximum Gasteiger partial charge on any atom is 0.225 e. The maximum absolute atomic E-state index is 13.2. The Bertz CT molecular complexity index is 711. The summed E-state index contributed by atoms with van der Waals surface area (Å²) in [6.45, 7) is 13.6. The van der Waals surface area contributed by atoms with E-state index in [-0.39, 0.29) is 12.5 Å². The summed E-state index contributed by atoms with van der Waals surface area (Å²) in [5.74, 6) is 1.76. The van der Waals surface area contributed by atoms with Gasteiger partial charge in [0.25, 0.3) is 0 Å². The van der Waals surface area contributed by atoms with Crippen molar-refractivity contribution < 1.29 is 14.6 Å². The second-order valence-corrected chi connectivity index (χ2v) is 8.80. The van der Waals surface area contributed by atoms with Crippen LogP contribution in [0.5, 0.6) is 5.75 Å². The van der Waals surface area contributed by atoms with Gasteiger partial charge in [0.2, 0.25) is 5.91 Å². The number of aliphatic hydroxyl groups is 1. The standard InChI is InChI=1S/C24H38N2O3/c1-5-14-29-23-15-17(2)21-7-6-20(16-22(21)19(23)4)18(3)24(28)26-10-8-25(9-11-26)12-13-27/h15,18,20,27H,5-14,16H2,1-4H3. The van der Waals surface area contributed by atoms with E-state index in [9.17, 15) is 4.79 Å². The second-order valence-electron chi connectivity index (χ2n) is 8.80. The van der Waals surface area contributed by atoms with Crippen molar-refractivity contribution in [1.29, 1.82) is 0 Å². The molecule has 0 spiro atoms. The molecule has 2 unspecified atom stereocenters. The number of aryl methyl sites for hydroxylation is 1. The quantitative estimate of drug-likeness (QED) is 0.762. The number of nitrogens with zero attached hydrogens (tertiary/aromatic N) is 2. The average molecular weight is 403 g/mol. The zero-order chi connectivity index (χ0) is 21.0. The molecular weight excluding hydrogens is 364 g/mol. The van der Waals surface area contributed by atoms with Crippen LogP contribution in [0.4, 0.5) is 0 Å². The maximum atomic E-state index is 13.2. The molecule has 1 saturated heterocycles. The van der Waals surface area contributed by atoms with Gasteiger partial charge in [-0.2, -0.15) is 0 Å². The van der Waals surface area contributed by atoms with E-state index in [4.69, 9.17) is 9.84 Å². The predicted molar refractivity (Wildman–Crippen MR) is 116 cm³/mol. The van der Waals surface area contributed by atoms with Crippen LogP contribution < -0.4 is 4.74 Å². The van der Waals surface area contributed by atoms with Crippen molar-refractivity contribution in [2.24, 2.45) is 11.8 Å². The van der Waals surface area contributed by atoms with Gasteiger partial charge < -0.3 is 14.7 Å². The number of ether oxygens (including phenoxy) is 1. The Hall–Kier alpha value is -1.59. The average Bonchev–Trinajstić information content (AvgIpc) is 2.74. The van der Waals surface area contributed by atoms with E-state index in [0.717, 1.165) is 64.2 Å². The SMILES string of the molecule is CCCOc1cc(C)c2c(c1C)CC(C(C)C(=O)N1CCN(CCO)CC1)CC2. The van der Waals surface area contributed by atoms with Crippen molar-refractivity contribution in [2.45, 2.75) is 53.4 Å². The van der Waals surface area contributed by atoms with Crippen molar-refractivity contribution in [3.05, 3.63) is 28.3 Å². The highest BCUT2D eigenvalue weighted by Gasteiger charge is 2.33. The molecule has 3 rings (SSSR count). The van der Waals surface area contributed by atoms with Crippen LogP contribution in [-0.2, 0) is 17.6 Å². The number of piperazine rings is 1. The number of amides is 1. The molecule has 1 amide bonds. The first kappa shape index (κ1) is 22.1. The number of carbonyl (C=O) groups excluding carboxylic acids is 1. The third-order valence-corrected chi connectivity index (χ3v) is 6.90. The lowest BCUT2D eigenvalue weighted by molar-refractivity contribution is -0.138. The Labute approximate surface area is 176 Å². The van der Waals surface area contributed by atoms with Crippen molar-refractivity contribution in [2.75, 3.05) is 45.9 Å². The molecule has 2 aliphatic rings. The summed E-state index contributed by atoms with van der Waals surface area (Å²) in [5.41, 5.74) is 5.48. The number of fused-ring (bicyclic) bond motifs is 1. The summed E-state index contributed by atoms with van der Waals surface area (Å²) in [6.07, 6.45) is 4.13. The van der Waals surface area contributed by atoms with E-state index >= 15 is 0 Å². The van der Waals surface area contributed by atoms with Crippen LogP contribution >= 0.6 is 0 Å². The first-order valence-electron chi connectivity index (χ1n) is 11.3. The summed E-state index contributed by atoms with van der Waals surface area (Å²) < 4.78 is 6.00. The van der Waals surface area contributed by atoms with Gasteiger partial charge in [-0.15, -0.1) is 0 Å². The third-order valence-electron chi connectivity index (χ3n) is 6.90. The molecule has 1 aliphatic heterocycles.